The predicted octanol–water partition coefficient (Wildman–Crippen LogP) is 3.94. The molecule has 0 unspecified atom stereocenters. The van der Waals surface area contributed by atoms with Gasteiger partial charge in [-0.3, -0.25) is 38.6 Å². The van der Waals surface area contributed by atoms with Crippen molar-refractivity contribution in [1.29, 1.82) is 0 Å². The second-order valence-corrected chi connectivity index (χ2v) is 11.4. The molecule has 0 bridgehead atoms. The normalized spacial score (nSPS) is 14.9. The van der Waals surface area contributed by atoms with Gasteiger partial charge in [0, 0.05) is 19.5 Å². The number of hydrogen-bond donors (Lipinski definition) is 2. The van der Waals surface area contributed by atoms with Gasteiger partial charge in [0.2, 0.25) is 11.8 Å². The van der Waals surface area contributed by atoms with E-state index in [-0.39, 0.29) is 41.8 Å². The summed E-state index contributed by atoms with van der Waals surface area (Å²) in [6, 6.07) is 28.7. The van der Waals surface area contributed by atoms with Gasteiger partial charge in [0.25, 0.3) is 23.6 Å². The third kappa shape index (κ3) is 6.17. The largest absolute Gasteiger partial charge is 0.354 e. The van der Waals surface area contributed by atoms with Crippen LogP contribution in [0.15, 0.2) is 109 Å². The van der Waals surface area contributed by atoms with Gasteiger partial charge in [-0.15, -0.1) is 0 Å². The van der Waals surface area contributed by atoms with Gasteiger partial charge in [0.15, 0.2) is 0 Å². The number of nitrogens with zero attached hydrogens (tertiary/aromatic N) is 2. The van der Waals surface area contributed by atoms with E-state index in [9.17, 15) is 28.8 Å². The highest BCUT2D eigenvalue weighted by atomic mass is 16.2. The summed E-state index contributed by atoms with van der Waals surface area (Å²) < 4.78 is 0. The predicted molar refractivity (Wildman–Crippen MR) is 172 cm³/mol. The number of imide groups is 2. The highest BCUT2D eigenvalue weighted by Gasteiger charge is 2.44. The lowest BCUT2D eigenvalue weighted by molar-refractivity contribution is -0.126. The molecule has 0 fully saturated rings. The average molecular weight is 629 g/mol. The smallest absolute Gasteiger partial charge is 0.262 e. The highest BCUT2D eigenvalue weighted by molar-refractivity contribution is 6.23. The lowest BCUT2D eigenvalue weighted by Crippen LogP contribution is -2.51. The van der Waals surface area contributed by atoms with Gasteiger partial charge < -0.3 is 10.6 Å². The molecule has 4 aromatic rings. The number of benzene rings is 4. The molecule has 2 atom stereocenters. The maximum Gasteiger partial charge on any atom is 0.262 e. The second kappa shape index (κ2) is 13.6. The average Bonchev–Trinajstić information content (AvgIpc) is 3.50. The second-order valence-electron chi connectivity index (χ2n) is 11.4. The number of carbonyl (C=O) groups is 6. The molecule has 6 amide bonds. The standard InChI is InChI=1S/C37H32N4O6/c42-32(30(23-24-13-3-1-4-14-24)40-34(44)26-17-7-8-18-27(26)35(40)45)38-21-11-12-22-39-33(43)31(25-15-5-2-6-16-25)41-36(46)28-19-9-10-20-29(28)37(41)47/h1-10,13-20,30-31H,11-12,21-23H2,(H,38,42)(H,39,43)/t30-,31+/m1/s1. The van der Waals surface area contributed by atoms with Crippen molar-refractivity contribution in [3.8, 4) is 0 Å². The van der Waals surface area contributed by atoms with Crippen LogP contribution in [-0.2, 0) is 16.0 Å². The first-order valence-corrected chi connectivity index (χ1v) is 15.4. The molecule has 4 aromatic carbocycles. The van der Waals surface area contributed by atoms with Crippen molar-refractivity contribution in [1.82, 2.24) is 20.4 Å². The van der Waals surface area contributed by atoms with Crippen LogP contribution in [0.1, 0.15) is 71.4 Å². The Labute approximate surface area is 271 Å². The SMILES string of the molecule is O=C(NCCCCNC(=O)[C@H](c1ccccc1)N1C(=O)c2ccccc2C1=O)[C@@H](Cc1ccccc1)N1C(=O)c2ccccc2C1=O. The zero-order valence-electron chi connectivity index (χ0n) is 25.4. The minimum atomic E-state index is -1.15. The molecular formula is C37H32N4O6. The number of nitrogens with one attached hydrogen (secondary N) is 2. The van der Waals surface area contributed by atoms with Crippen LogP contribution in [0.2, 0.25) is 0 Å². The summed E-state index contributed by atoms with van der Waals surface area (Å²) in [4.78, 5) is 81.9. The van der Waals surface area contributed by atoms with Crippen LogP contribution in [0.25, 0.3) is 0 Å². The Hall–Kier alpha value is -5.90. The van der Waals surface area contributed by atoms with E-state index in [1.54, 1.807) is 78.9 Å². The van der Waals surface area contributed by atoms with Crippen molar-refractivity contribution < 1.29 is 28.8 Å². The van der Waals surface area contributed by atoms with Crippen molar-refractivity contribution in [3.05, 3.63) is 143 Å². The molecule has 10 heteroatoms. The van der Waals surface area contributed by atoms with E-state index >= 15 is 0 Å². The molecule has 0 aliphatic carbocycles. The Morgan fingerprint density at radius 1 is 0.511 bits per heavy atom. The van der Waals surface area contributed by atoms with Crippen LogP contribution in [0, 0.1) is 0 Å². The summed E-state index contributed by atoms with van der Waals surface area (Å²) in [5, 5.41) is 5.70. The molecule has 0 aromatic heterocycles. The third-order valence-corrected chi connectivity index (χ3v) is 8.36. The first-order chi connectivity index (χ1) is 22.9. The van der Waals surface area contributed by atoms with Crippen LogP contribution in [0.3, 0.4) is 0 Å². The zero-order chi connectivity index (χ0) is 32.9. The summed E-state index contributed by atoms with van der Waals surface area (Å²) in [5.41, 5.74) is 2.37. The minimum Gasteiger partial charge on any atom is -0.354 e. The van der Waals surface area contributed by atoms with Gasteiger partial charge in [-0.25, -0.2) is 0 Å². The van der Waals surface area contributed by atoms with Gasteiger partial charge in [0.1, 0.15) is 12.1 Å². The molecule has 0 spiro atoms. The van der Waals surface area contributed by atoms with Crippen LogP contribution in [0.4, 0.5) is 0 Å². The Kier molecular flexibility index (Phi) is 9.01. The van der Waals surface area contributed by atoms with Gasteiger partial charge in [0.05, 0.1) is 22.3 Å². The van der Waals surface area contributed by atoms with E-state index in [0.29, 0.717) is 18.4 Å². The van der Waals surface area contributed by atoms with Crippen molar-refractivity contribution in [2.24, 2.45) is 0 Å². The van der Waals surface area contributed by atoms with E-state index in [0.717, 1.165) is 15.4 Å². The molecule has 0 saturated carbocycles. The maximum absolute atomic E-state index is 13.5. The topological polar surface area (TPSA) is 133 Å². The van der Waals surface area contributed by atoms with Gasteiger partial charge in [-0.05, 0) is 48.2 Å². The van der Waals surface area contributed by atoms with E-state index < -0.39 is 47.5 Å². The molecular weight excluding hydrogens is 596 g/mol. The molecule has 2 aliphatic heterocycles. The molecule has 47 heavy (non-hydrogen) atoms. The van der Waals surface area contributed by atoms with Crippen LogP contribution < -0.4 is 10.6 Å². The molecule has 0 radical (unpaired) electrons. The summed E-state index contributed by atoms with van der Waals surface area (Å²) in [5.74, 6) is -3.02. The molecule has 6 rings (SSSR count). The summed E-state index contributed by atoms with van der Waals surface area (Å²) >= 11 is 0. The van der Waals surface area contributed by atoms with Crippen molar-refractivity contribution >= 4 is 35.4 Å². The fourth-order valence-corrected chi connectivity index (χ4v) is 6.01. The Bertz CT molecular complexity index is 1790. The summed E-state index contributed by atoms with van der Waals surface area (Å²) in [6.07, 6.45) is 1.12. The van der Waals surface area contributed by atoms with E-state index in [2.05, 4.69) is 10.6 Å². The first kappa shape index (κ1) is 31.1. The van der Waals surface area contributed by atoms with Crippen molar-refractivity contribution in [2.45, 2.75) is 31.3 Å². The monoisotopic (exact) mass is 628 g/mol. The summed E-state index contributed by atoms with van der Waals surface area (Å²) in [7, 11) is 0. The first-order valence-electron chi connectivity index (χ1n) is 15.4. The molecule has 2 N–H and O–H groups in total. The van der Waals surface area contributed by atoms with E-state index in [1.165, 1.54) is 0 Å². The number of rotatable bonds is 12. The molecule has 2 heterocycles. The Morgan fingerprint density at radius 3 is 1.40 bits per heavy atom. The quantitative estimate of drug-likeness (QED) is 0.180. The van der Waals surface area contributed by atoms with Gasteiger partial charge >= 0.3 is 0 Å². The van der Waals surface area contributed by atoms with Crippen molar-refractivity contribution in [3.63, 3.8) is 0 Å². The Balaban J connectivity index is 1.07. The number of hydrogen-bond acceptors (Lipinski definition) is 6. The fourth-order valence-electron chi connectivity index (χ4n) is 6.01. The minimum absolute atomic E-state index is 0.160. The maximum atomic E-state index is 13.5. The molecule has 10 nitrogen and oxygen atoms in total. The molecule has 236 valence electrons. The van der Waals surface area contributed by atoms with Crippen molar-refractivity contribution in [2.75, 3.05) is 13.1 Å². The molecule has 2 aliphatic rings. The van der Waals surface area contributed by atoms with Crippen LogP contribution in [0.5, 0.6) is 0 Å². The zero-order valence-corrected chi connectivity index (χ0v) is 25.4. The number of unbranched alkanes of at least 4 members (excludes halogenated alkanes) is 1. The van der Waals surface area contributed by atoms with Gasteiger partial charge in [-0.1, -0.05) is 84.9 Å². The highest BCUT2D eigenvalue weighted by Crippen LogP contribution is 2.32. The van der Waals surface area contributed by atoms with Crippen LogP contribution in [-0.4, -0.2) is 64.4 Å². The number of amides is 6. The summed E-state index contributed by atoms with van der Waals surface area (Å²) in [6.45, 7) is 0.469. The van der Waals surface area contributed by atoms with Gasteiger partial charge in [-0.2, -0.15) is 0 Å². The lowest BCUT2D eigenvalue weighted by atomic mass is 10.0. The molecule has 0 saturated heterocycles. The lowest BCUT2D eigenvalue weighted by Gasteiger charge is -2.26. The fraction of sp³-hybridized carbons (Fsp3) is 0.189. The Morgan fingerprint density at radius 2 is 0.915 bits per heavy atom. The van der Waals surface area contributed by atoms with E-state index in [4.69, 9.17) is 0 Å². The third-order valence-electron chi connectivity index (χ3n) is 8.36. The van der Waals surface area contributed by atoms with E-state index in [1.807, 2.05) is 30.3 Å². The number of fused-ring (bicyclic) bond motifs is 2. The number of carbonyl (C=O) groups excluding carboxylic acids is 6. The van der Waals surface area contributed by atoms with Crippen LogP contribution >= 0.6 is 0 Å².